The standard InChI is InChI=1S/C18H22ClF3N2O2/c19-15-4-1-3-14(13-15)5-6-16(25)23-9-2-10-24(12-11-23)17(26)7-8-18(20,21)22/h1,3-4,13H,2,5-12H2. The number of alkyl halides is 3. The van der Waals surface area contributed by atoms with E-state index in [1.54, 1.807) is 11.0 Å². The second kappa shape index (κ2) is 9.26. The molecule has 0 unspecified atom stereocenters. The summed E-state index contributed by atoms with van der Waals surface area (Å²) in [5.41, 5.74) is 0.977. The number of hydrogen-bond acceptors (Lipinski definition) is 2. The van der Waals surface area contributed by atoms with Crippen LogP contribution in [0.25, 0.3) is 0 Å². The predicted octanol–water partition coefficient (Wildman–Crippen LogP) is 3.68. The fourth-order valence-corrected chi connectivity index (χ4v) is 3.14. The van der Waals surface area contributed by atoms with Crippen molar-refractivity contribution in [2.75, 3.05) is 26.2 Å². The molecule has 26 heavy (non-hydrogen) atoms. The molecule has 1 aliphatic heterocycles. The number of benzene rings is 1. The number of carbonyl (C=O) groups excluding carboxylic acids is 2. The van der Waals surface area contributed by atoms with E-state index in [2.05, 4.69) is 0 Å². The number of aryl methyl sites for hydroxylation is 1. The lowest BCUT2D eigenvalue weighted by Gasteiger charge is -2.22. The van der Waals surface area contributed by atoms with E-state index in [9.17, 15) is 22.8 Å². The van der Waals surface area contributed by atoms with Crippen LogP contribution in [0.15, 0.2) is 24.3 Å². The molecule has 0 radical (unpaired) electrons. The molecule has 0 bridgehead atoms. The number of amides is 2. The Morgan fingerprint density at radius 3 is 2.19 bits per heavy atom. The zero-order valence-electron chi connectivity index (χ0n) is 14.4. The fraction of sp³-hybridized carbons (Fsp3) is 0.556. The van der Waals surface area contributed by atoms with Crippen molar-refractivity contribution in [1.82, 2.24) is 9.80 Å². The number of carbonyl (C=O) groups is 2. The van der Waals surface area contributed by atoms with E-state index < -0.39 is 24.9 Å². The Bertz CT molecular complexity index is 637. The van der Waals surface area contributed by atoms with Gasteiger partial charge in [0.1, 0.15) is 0 Å². The largest absolute Gasteiger partial charge is 0.389 e. The highest BCUT2D eigenvalue weighted by molar-refractivity contribution is 6.30. The highest BCUT2D eigenvalue weighted by Crippen LogP contribution is 2.22. The van der Waals surface area contributed by atoms with Gasteiger partial charge in [-0.25, -0.2) is 0 Å². The van der Waals surface area contributed by atoms with Crippen LogP contribution in [0.3, 0.4) is 0 Å². The first-order valence-corrected chi connectivity index (χ1v) is 8.99. The third-order valence-electron chi connectivity index (χ3n) is 4.34. The summed E-state index contributed by atoms with van der Waals surface area (Å²) >= 11 is 5.93. The van der Waals surface area contributed by atoms with Crippen LogP contribution in [-0.2, 0) is 16.0 Å². The van der Waals surface area contributed by atoms with E-state index in [1.165, 1.54) is 4.90 Å². The summed E-state index contributed by atoms with van der Waals surface area (Å²) in [6.45, 7) is 1.53. The van der Waals surface area contributed by atoms with Crippen LogP contribution in [0.2, 0.25) is 5.02 Å². The van der Waals surface area contributed by atoms with Gasteiger partial charge >= 0.3 is 6.18 Å². The van der Waals surface area contributed by atoms with Crippen LogP contribution in [0.1, 0.15) is 31.2 Å². The Balaban J connectivity index is 1.79. The molecule has 0 saturated carbocycles. The summed E-state index contributed by atoms with van der Waals surface area (Å²) in [6.07, 6.45) is -4.49. The molecule has 2 amide bonds. The first kappa shape index (κ1) is 20.6. The number of rotatable bonds is 5. The molecule has 8 heteroatoms. The van der Waals surface area contributed by atoms with Gasteiger partial charge in [-0.1, -0.05) is 23.7 Å². The molecule has 0 N–H and O–H groups in total. The first-order valence-electron chi connectivity index (χ1n) is 8.61. The molecule has 1 aromatic carbocycles. The van der Waals surface area contributed by atoms with Crippen LogP contribution in [0.5, 0.6) is 0 Å². The molecule has 4 nitrogen and oxygen atoms in total. The minimum atomic E-state index is -4.33. The molecule has 1 aromatic rings. The third-order valence-corrected chi connectivity index (χ3v) is 4.58. The summed E-state index contributed by atoms with van der Waals surface area (Å²) in [5.74, 6) is -0.523. The van der Waals surface area contributed by atoms with E-state index in [0.717, 1.165) is 5.56 Å². The molecule has 1 saturated heterocycles. The predicted molar refractivity (Wildman–Crippen MR) is 92.8 cm³/mol. The van der Waals surface area contributed by atoms with Gasteiger partial charge < -0.3 is 9.80 Å². The molecule has 0 aromatic heterocycles. The van der Waals surface area contributed by atoms with E-state index in [1.807, 2.05) is 18.2 Å². The van der Waals surface area contributed by atoms with Crippen molar-refractivity contribution in [2.45, 2.75) is 38.3 Å². The molecule has 2 rings (SSSR count). The summed E-state index contributed by atoms with van der Waals surface area (Å²) in [5, 5.41) is 0.623. The van der Waals surface area contributed by atoms with Crippen LogP contribution < -0.4 is 0 Å². The van der Waals surface area contributed by atoms with Gasteiger partial charge in [0.2, 0.25) is 11.8 Å². The summed E-state index contributed by atoms with van der Waals surface area (Å²) in [7, 11) is 0. The lowest BCUT2D eigenvalue weighted by Crippen LogP contribution is -2.37. The molecule has 0 aliphatic carbocycles. The number of hydrogen-bond donors (Lipinski definition) is 0. The van der Waals surface area contributed by atoms with Crippen molar-refractivity contribution >= 4 is 23.4 Å². The monoisotopic (exact) mass is 390 g/mol. The van der Waals surface area contributed by atoms with E-state index in [-0.39, 0.29) is 12.5 Å². The van der Waals surface area contributed by atoms with E-state index in [4.69, 9.17) is 11.6 Å². The van der Waals surface area contributed by atoms with Crippen molar-refractivity contribution in [1.29, 1.82) is 0 Å². The molecule has 1 aliphatic rings. The Hall–Kier alpha value is -1.76. The first-order chi connectivity index (χ1) is 12.2. The van der Waals surface area contributed by atoms with Crippen molar-refractivity contribution in [3.05, 3.63) is 34.9 Å². The summed E-state index contributed by atoms with van der Waals surface area (Å²) in [4.78, 5) is 27.4. The maximum Gasteiger partial charge on any atom is 0.389 e. The van der Waals surface area contributed by atoms with E-state index in [0.29, 0.717) is 43.9 Å². The van der Waals surface area contributed by atoms with Crippen LogP contribution in [-0.4, -0.2) is 54.0 Å². The SMILES string of the molecule is O=C(CCc1cccc(Cl)c1)N1CCCN(C(=O)CCC(F)(F)F)CC1. The normalized spacial score (nSPS) is 15.7. The molecular weight excluding hydrogens is 369 g/mol. The second-order valence-corrected chi connectivity index (χ2v) is 6.80. The van der Waals surface area contributed by atoms with Gasteiger partial charge in [0.25, 0.3) is 0 Å². The van der Waals surface area contributed by atoms with Gasteiger partial charge in [-0.05, 0) is 30.5 Å². The molecule has 1 fully saturated rings. The minimum Gasteiger partial charge on any atom is -0.341 e. The van der Waals surface area contributed by atoms with Crippen molar-refractivity contribution in [3.8, 4) is 0 Å². The average Bonchev–Trinajstić information content (AvgIpc) is 2.83. The van der Waals surface area contributed by atoms with Gasteiger partial charge in [0, 0.05) is 44.0 Å². The summed E-state index contributed by atoms with van der Waals surface area (Å²) < 4.78 is 36.7. The lowest BCUT2D eigenvalue weighted by molar-refractivity contribution is -0.149. The van der Waals surface area contributed by atoms with Gasteiger partial charge in [-0.3, -0.25) is 9.59 Å². The quantitative estimate of drug-likeness (QED) is 0.769. The number of nitrogens with zero attached hydrogens (tertiary/aromatic N) is 2. The third kappa shape index (κ3) is 6.86. The van der Waals surface area contributed by atoms with Gasteiger partial charge in [0.15, 0.2) is 0 Å². The van der Waals surface area contributed by atoms with Crippen molar-refractivity contribution in [3.63, 3.8) is 0 Å². The molecule has 1 heterocycles. The van der Waals surface area contributed by atoms with Crippen molar-refractivity contribution in [2.24, 2.45) is 0 Å². The average molecular weight is 391 g/mol. The molecule has 0 atom stereocenters. The Labute approximate surface area is 155 Å². The molecule has 0 spiro atoms. The maximum absolute atomic E-state index is 12.4. The minimum absolute atomic E-state index is 0.0189. The zero-order chi connectivity index (χ0) is 19.2. The lowest BCUT2D eigenvalue weighted by atomic mass is 10.1. The number of halogens is 4. The van der Waals surface area contributed by atoms with Gasteiger partial charge in [0.05, 0.1) is 6.42 Å². The van der Waals surface area contributed by atoms with Crippen LogP contribution >= 0.6 is 11.6 Å². The highest BCUT2D eigenvalue weighted by atomic mass is 35.5. The topological polar surface area (TPSA) is 40.6 Å². The van der Waals surface area contributed by atoms with Gasteiger partial charge in [-0.15, -0.1) is 0 Å². The second-order valence-electron chi connectivity index (χ2n) is 6.36. The Kier molecular flexibility index (Phi) is 7.32. The Morgan fingerprint density at radius 2 is 1.62 bits per heavy atom. The van der Waals surface area contributed by atoms with Crippen LogP contribution in [0, 0.1) is 0 Å². The fourth-order valence-electron chi connectivity index (χ4n) is 2.92. The molecular formula is C18H22ClF3N2O2. The van der Waals surface area contributed by atoms with Crippen LogP contribution in [0.4, 0.5) is 13.2 Å². The van der Waals surface area contributed by atoms with Gasteiger partial charge in [-0.2, -0.15) is 13.2 Å². The van der Waals surface area contributed by atoms with E-state index >= 15 is 0 Å². The smallest absolute Gasteiger partial charge is 0.341 e. The zero-order valence-corrected chi connectivity index (χ0v) is 15.2. The maximum atomic E-state index is 12.4. The molecule has 144 valence electrons. The van der Waals surface area contributed by atoms with Crippen molar-refractivity contribution < 1.29 is 22.8 Å². The highest BCUT2D eigenvalue weighted by Gasteiger charge is 2.30. The summed E-state index contributed by atoms with van der Waals surface area (Å²) in [6, 6.07) is 7.32. The Morgan fingerprint density at radius 1 is 1.00 bits per heavy atom.